The largest absolute Gasteiger partial charge is 0.619 e. The van der Waals surface area contributed by atoms with Gasteiger partial charge >= 0.3 is 0 Å². The molecule has 1 aromatic heterocycles. The van der Waals surface area contributed by atoms with Gasteiger partial charge < -0.3 is 15.4 Å². The lowest BCUT2D eigenvalue weighted by Crippen LogP contribution is -2.32. The SMILES string of the molecule is O=C(NCCCN1CCCC1=O)c1ccc[n+]([O-])c1. The maximum absolute atomic E-state index is 11.7. The van der Waals surface area contributed by atoms with Crippen molar-refractivity contribution in [2.24, 2.45) is 0 Å². The van der Waals surface area contributed by atoms with Crippen molar-refractivity contribution in [2.45, 2.75) is 19.3 Å². The first kappa shape index (κ1) is 13.3. The van der Waals surface area contributed by atoms with Gasteiger partial charge in [-0.3, -0.25) is 9.59 Å². The molecule has 19 heavy (non-hydrogen) atoms. The van der Waals surface area contributed by atoms with Crippen molar-refractivity contribution in [2.75, 3.05) is 19.6 Å². The Kier molecular flexibility index (Phi) is 4.33. The average molecular weight is 263 g/mol. The van der Waals surface area contributed by atoms with Crippen LogP contribution < -0.4 is 10.0 Å². The maximum Gasteiger partial charge on any atom is 0.257 e. The fourth-order valence-electron chi connectivity index (χ4n) is 2.10. The zero-order valence-corrected chi connectivity index (χ0v) is 10.7. The summed E-state index contributed by atoms with van der Waals surface area (Å²) >= 11 is 0. The van der Waals surface area contributed by atoms with E-state index >= 15 is 0 Å². The Hall–Kier alpha value is -2.11. The Bertz CT molecular complexity index is 476. The first-order chi connectivity index (χ1) is 9.16. The summed E-state index contributed by atoms with van der Waals surface area (Å²) in [5, 5.41) is 13.8. The molecule has 6 heteroatoms. The molecule has 0 atom stereocenters. The van der Waals surface area contributed by atoms with Crippen LogP contribution in [0, 0.1) is 5.21 Å². The third-order valence-corrected chi connectivity index (χ3v) is 3.10. The zero-order valence-electron chi connectivity index (χ0n) is 10.7. The van der Waals surface area contributed by atoms with Gasteiger partial charge in [-0.1, -0.05) is 0 Å². The van der Waals surface area contributed by atoms with Crippen molar-refractivity contribution in [3.8, 4) is 0 Å². The van der Waals surface area contributed by atoms with Crippen molar-refractivity contribution < 1.29 is 14.3 Å². The zero-order chi connectivity index (χ0) is 13.7. The Morgan fingerprint density at radius 3 is 3.05 bits per heavy atom. The van der Waals surface area contributed by atoms with E-state index < -0.39 is 0 Å². The third-order valence-electron chi connectivity index (χ3n) is 3.10. The highest BCUT2D eigenvalue weighted by atomic mass is 16.5. The van der Waals surface area contributed by atoms with Crippen molar-refractivity contribution in [1.29, 1.82) is 0 Å². The number of nitrogens with zero attached hydrogens (tertiary/aromatic N) is 2. The minimum absolute atomic E-state index is 0.196. The number of carbonyl (C=O) groups is 2. The van der Waals surface area contributed by atoms with E-state index in [1.54, 1.807) is 6.07 Å². The minimum Gasteiger partial charge on any atom is -0.619 e. The van der Waals surface area contributed by atoms with Gasteiger partial charge in [-0.05, 0) is 18.9 Å². The number of likely N-dealkylation sites (tertiary alicyclic amines) is 1. The van der Waals surface area contributed by atoms with Crippen molar-refractivity contribution in [3.63, 3.8) is 0 Å². The number of pyridine rings is 1. The van der Waals surface area contributed by atoms with E-state index in [1.807, 2.05) is 4.90 Å². The first-order valence-electron chi connectivity index (χ1n) is 6.41. The van der Waals surface area contributed by atoms with Gasteiger partial charge in [0.2, 0.25) is 5.91 Å². The van der Waals surface area contributed by atoms with Crippen LogP contribution in [0.15, 0.2) is 24.5 Å². The van der Waals surface area contributed by atoms with E-state index in [0.717, 1.165) is 19.4 Å². The smallest absolute Gasteiger partial charge is 0.257 e. The fourth-order valence-corrected chi connectivity index (χ4v) is 2.10. The predicted octanol–water partition coefficient (Wildman–Crippen LogP) is 0.0623. The van der Waals surface area contributed by atoms with E-state index in [0.29, 0.717) is 29.8 Å². The number of amides is 2. The number of rotatable bonds is 5. The molecule has 2 amide bonds. The van der Waals surface area contributed by atoms with E-state index in [-0.39, 0.29) is 11.8 Å². The number of nitrogens with one attached hydrogen (secondary N) is 1. The molecule has 6 nitrogen and oxygen atoms in total. The van der Waals surface area contributed by atoms with Gasteiger partial charge in [0.1, 0.15) is 5.56 Å². The van der Waals surface area contributed by atoms with Crippen molar-refractivity contribution in [3.05, 3.63) is 35.3 Å². The van der Waals surface area contributed by atoms with Crippen LogP contribution >= 0.6 is 0 Å². The molecule has 0 aromatic carbocycles. The molecule has 1 saturated heterocycles. The quantitative estimate of drug-likeness (QED) is 0.464. The number of hydrogen-bond donors (Lipinski definition) is 1. The summed E-state index contributed by atoms with van der Waals surface area (Å²) < 4.78 is 0.595. The molecule has 1 aromatic rings. The number of carbonyl (C=O) groups excluding carboxylic acids is 2. The topological polar surface area (TPSA) is 76.4 Å². The minimum atomic E-state index is -0.266. The molecule has 1 aliphatic rings. The summed E-state index contributed by atoms with van der Waals surface area (Å²) in [6.45, 7) is 1.99. The van der Waals surface area contributed by atoms with E-state index in [4.69, 9.17) is 0 Å². The van der Waals surface area contributed by atoms with Crippen LogP contribution in [0.25, 0.3) is 0 Å². The standard InChI is InChI=1S/C13H17N3O3/c17-12-5-2-7-15(12)8-3-6-14-13(18)11-4-1-9-16(19)10-11/h1,4,9-10H,2-3,5-8H2,(H,14,18). The molecule has 1 fully saturated rings. The molecule has 1 aliphatic heterocycles. The predicted molar refractivity (Wildman–Crippen MR) is 68.2 cm³/mol. The number of aromatic nitrogens is 1. The molecule has 0 saturated carbocycles. The Morgan fingerprint density at radius 1 is 1.53 bits per heavy atom. The van der Waals surface area contributed by atoms with Gasteiger partial charge in [0.15, 0.2) is 12.4 Å². The number of hydrogen-bond acceptors (Lipinski definition) is 3. The van der Waals surface area contributed by atoms with Gasteiger partial charge in [0, 0.05) is 32.1 Å². The highest BCUT2D eigenvalue weighted by Gasteiger charge is 2.19. The Balaban J connectivity index is 1.71. The Morgan fingerprint density at radius 2 is 2.37 bits per heavy atom. The lowest BCUT2D eigenvalue weighted by molar-refractivity contribution is -0.605. The summed E-state index contributed by atoms with van der Waals surface area (Å²) in [7, 11) is 0. The second-order valence-corrected chi connectivity index (χ2v) is 4.55. The second kappa shape index (κ2) is 6.17. The lowest BCUT2D eigenvalue weighted by Gasteiger charge is -2.15. The van der Waals surface area contributed by atoms with Crippen LogP contribution in [-0.2, 0) is 4.79 Å². The van der Waals surface area contributed by atoms with E-state index in [9.17, 15) is 14.8 Å². The molecule has 0 aliphatic carbocycles. The van der Waals surface area contributed by atoms with Crippen LogP contribution in [0.1, 0.15) is 29.6 Å². The molecule has 2 rings (SSSR count). The van der Waals surface area contributed by atoms with Crippen LogP contribution in [0.4, 0.5) is 0 Å². The molecule has 102 valence electrons. The molecule has 0 unspecified atom stereocenters. The monoisotopic (exact) mass is 263 g/mol. The molecule has 0 radical (unpaired) electrons. The molecule has 1 N–H and O–H groups in total. The average Bonchev–Trinajstić information content (AvgIpc) is 2.80. The normalized spacial score (nSPS) is 14.7. The summed E-state index contributed by atoms with van der Waals surface area (Å²) in [6.07, 6.45) is 4.86. The molecular formula is C13H17N3O3. The fraction of sp³-hybridized carbons (Fsp3) is 0.462. The third kappa shape index (κ3) is 3.67. The van der Waals surface area contributed by atoms with Gasteiger partial charge in [-0.25, -0.2) is 0 Å². The molecular weight excluding hydrogens is 246 g/mol. The second-order valence-electron chi connectivity index (χ2n) is 4.55. The van der Waals surface area contributed by atoms with Crippen LogP contribution in [0.2, 0.25) is 0 Å². The van der Waals surface area contributed by atoms with Crippen LogP contribution in [0.5, 0.6) is 0 Å². The van der Waals surface area contributed by atoms with Gasteiger partial charge in [-0.15, -0.1) is 0 Å². The highest BCUT2D eigenvalue weighted by Crippen LogP contribution is 2.09. The summed E-state index contributed by atoms with van der Waals surface area (Å²) in [5.41, 5.74) is 0.342. The summed E-state index contributed by atoms with van der Waals surface area (Å²) in [5.74, 6) is -0.0697. The lowest BCUT2D eigenvalue weighted by atomic mass is 10.2. The highest BCUT2D eigenvalue weighted by molar-refractivity contribution is 5.93. The van der Waals surface area contributed by atoms with Crippen molar-refractivity contribution in [1.82, 2.24) is 10.2 Å². The summed E-state index contributed by atoms with van der Waals surface area (Å²) in [6, 6.07) is 3.12. The van der Waals surface area contributed by atoms with E-state index in [1.165, 1.54) is 18.5 Å². The van der Waals surface area contributed by atoms with Gasteiger partial charge in [-0.2, -0.15) is 4.73 Å². The van der Waals surface area contributed by atoms with Crippen molar-refractivity contribution >= 4 is 11.8 Å². The summed E-state index contributed by atoms with van der Waals surface area (Å²) in [4.78, 5) is 24.9. The molecule has 0 spiro atoms. The Labute approximate surface area is 111 Å². The van der Waals surface area contributed by atoms with Gasteiger partial charge in [0.25, 0.3) is 5.91 Å². The first-order valence-corrected chi connectivity index (χ1v) is 6.41. The maximum atomic E-state index is 11.7. The molecule has 2 heterocycles. The van der Waals surface area contributed by atoms with E-state index in [2.05, 4.69) is 5.32 Å². The molecule has 0 bridgehead atoms. The van der Waals surface area contributed by atoms with Gasteiger partial charge in [0.05, 0.1) is 0 Å². The van der Waals surface area contributed by atoms with Crippen LogP contribution in [0.3, 0.4) is 0 Å². The van der Waals surface area contributed by atoms with Crippen LogP contribution in [-0.4, -0.2) is 36.3 Å².